The lowest BCUT2D eigenvalue weighted by Crippen LogP contribution is -2.50. The van der Waals surface area contributed by atoms with Crippen molar-refractivity contribution in [3.63, 3.8) is 0 Å². The predicted octanol–water partition coefficient (Wildman–Crippen LogP) is 2.07. The Morgan fingerprint density at radius 3 is 2.34 bits per heavy atom. The first kappa shape index (κ1) is 21.6. The molecule has 29 heavy (non-hydrogen) atoms. The van der Waals surface area contributed by atoms with Crippen molar-refractivity contribution in [1.82, 2.24) is 14.2 Å². The van der Waals surface area contributed by atoms with Gasteiger partial charge >= 0.3 is 0 Å². The molecule has 0 spiro atoms. The van der Waals surface area contributed by atoms with Crippen molar-refractivity contribution in [3.8, 4) is 11.3 Å². The Labute approximate surface area is 169 Å². The third-order valence-corrected chi connectivity index (χ3v) is 6.37. The minimum absolute atomic E-state index is 0.0259. The number of aliphatic hydroxyl groups is 1. The van der Waals surface area contributed by atoms with E-state index in [0.717, 1.165) is 6.07 Å². The van der Waals surface area contributed by atoms with Gasteiger partial charge in [0.2, 0.25) is 10.0 Å². The van der Waals surface area contributed by atoms with E-state index in [1.165, 1.54) is 28.9 Å². The van der Waals surface area contributed by atoms with Gasteiger partial charge in [0.15, 0.2) is 6.35 Å². The molecule has 0 radical (unpaired) electrons. The highest BCUT2D eigenvalue weighted by atomic mass is 32.2. The fourth-order valence-electron chi connectivity index (χ4n) is 3.38. The number of nitrogens with one attached hydrogen (secondary N) is 1. The number of hydrogen-bond donors (Lipinski definition) is 2. The Morgan fingerprint density at radius 1 is 1.21 bits per heavy atom. The SMILES string of the molecule is CN(C1CCN(S(C)(=O)=O)CC1)C(O)Nc1ccc(-c2cc(F)cc(F)c2)nc1. The number of piperidine rings is 1. The lowest BCUT2D eigenvalue weighted by atomic mass is 10.1. The second-order valence-electron chi connectivity index (χ2n) is 7.17. The van der Waals surface area contributed by atoms with Crippen molar-refractivity contribution >= 4 is 15.7 Å². The van der Waals surface area contributed by atoms with Gasteiger partial charge in [-0.05, 0) is 44.2 Å². The summed E-state index contributed by atoms with van der Waals surface area (Å²) in [6.45, 7) is 0.835. The molecule has 1 unspecified atom stereocenters. The van der Waals surface area contributed by atoms with Gasteiger partial charge in [-0.3, -0.25) is 9.88 Å². The number of halogens is 2. The zero-order valence-corrected chi connectivity index (χ0v) is 17.0. The van der Waals surface area contributed by atoms with E-state index in [1.54, 1.807) is 24.1 Å². The largest absolute Gasteiger partial charge is 0.361 e. The molecule has 158 valence electrons. The van der Waals surface area contributed by atoms with Crippen LogP contribution in [0, 0.1) is 11.6 Å². The summed E-state index contributed by atoms with van der Waals surface area (Å²) in [5.41, 5.74) is 1.27. The van der Waals surface area contributed by atoms with E-state index in [0.29, 0.717) is 42.9 Å². The number of pyridine rings is 1. The van der Waals surface area contributed by atoms with Gasteiger partial charge in [-0.1, -0.05) is 0 Å². The van der Waals surface area contributed by atoms with Crippen LogP contribution in [-0.4, -0.2) is 66.5 Å². The molecular formula is C19H24F2N4O3S. The van der Waals surface area contributed by atoms with Gasteiger partial charge in [0.05, 0.1) is 23.8 Å². The number of aliphatic hydroxyl groups excluding tert-OH is 1. The summed E-state index contributed by atoms with van der Waals surface area (Å²) in [6, 6.07) is 6.49. The molecule has 0 bridgehead atoms. The van der Waals surface area contributed by atoms with Crippen LogP contribution in [0.4, 0.5) is 14.5 Å². The maximum Gasteiger partial charge on any atom is 0.211 e. The Hall–Kier alpha value is -2.14. The Bertz CT molecular complexity index is 928. The van der Waals surface area contributed by atoms with Crippen LogP contribution in [0.25, 0.3) is 11.3 Å². The second-order valence-corrected chi connectivity index (χ2v) is 9.15. The Kier molecular flexibility index (Phi) is 6.47. The first-order valence-corrected chi connectivity index (χ1v) is 11.0. The third-order valence-electron chi connectivity index (χ3n) is 5.07. The fourth-order valence-corrected chi connectivity index (χ4v) is 4.26. The number of anilines is 1. The van der Waals surface area contributed by atoms with Gasteiger partial charge in [-0.2, -0.15) is 0 Å². The number of benzene rings is 1. The predicted molar refractivity (Wildman–Crippen MR) is 106 cm³/mol. The van der Waals surface area contributed by atoms with E-state index < -0.39 is 28.0 Å². The average Bonchev–Trinajstić information content (AvgIpc) is 2.66. The summed E-state index contributed by atoms with van der Waals surface area (Å²) < 4.78 is 51.4. The lowest BCUT2D eigenvalue weighted by Gasteiger charge is -2.38. The zero-order chi connectivity index (χ0) is 21.2. The van der Waals surface area contributed by atoms with E-state index in [1.807, 2.05) is 0 Å². The van der Waals surface area contributed by atoms with Crippen LogP contribution in [0.3, 0.4) is 0 Å². The molecule has 1 aliphatic rings. The number of aromatic nitrogens is 1. The van der Waals surface area contributed by atoms with Crippen LogP contribution < -0.4 is 5.32 Å². The number of rotatable bonds is 6. The maximum atomic E-state index is 13.4. The lowest BCUT2D eigenvalue weighted by molar-refractivity contribution is 0.00170. The quantitative estimate of drug-likeness (QED) is 0.688. The summed E-state index contributed by atoms with van der Waals surface area (Å²) in [5, 5.41) is 13.4. The molecule has 7 nitrogen and oxygen atoms in total. The molecule has 1 aromatic carbocycles. The molecule has 0 aliphatic carbocycles. The molecule has 2 heterocycles. The van der Waals surface area contributed by atoms with Crippen molar-refractivity contribution in [1.29, 1.82) is 0 Å². The molecule has 1 atom stereocenters. The van der Waals surface area contributed by atoms with Crippen molar-refractivity contribution < 1.29 is 22.3 Å². The molecular weight excluding hydrogens is 402 g/mol. The van der Waals surface area contributed by atoms with Crippen LogP contribution in [0.2, 0.25) is 0 Å². The fraction of sp³-hybridized carbons (Fsp3) is 0.421. The molecule has 3 rings (SSSR count). The first-order valence-electron chi connectivity index (χ1n) is 9.17. The summed E-state index contributed by atoms with van der Waals surface area (Å²) in [7, 11) is -1.44. The molecule has 1 fully saturated rings. The maximum absolute atomic E-state index is 13.4. The van der Waals surface area contributed by atoms with E-state index >= 15 is 0 Å². The smallest absolute Gasteiger partial charge is 0.211 e. The zero-order valence-electron chi connectivity index (χ0n) is 16.2. The van der Waals surface area contributed by atoms with Gasteiger partial charge in [0, 0.05) is 30.8 Å². The monoisotopic (exact) mass is 426 g/mol. The van der Waals surface area contributed by atoms with Gasteiger partial charge in [0.1, 0.15) is 11.6 Å². The highest BCUT2D eigenvalue weighted by molar-refractivity contribution is 7.88. The number of nitrogens with zero attached hydrogens (tertiary/aromatic N) is 3. The molecule has 0 saturated carbocycles. The summed E-state index contributed by atoms with van der Waals surface area (Å²) >= 11 is 0. The number of hydrogen-bond acceptors (Lipinski definition) is 6. The van der Waals surface area contributed by atoms with Crippen LogP contribution in [-0.2, 0) is 10.0 Å². The van der Waals surface area contributed by atoms with Crippen molar-refractivity contribution in [2.24, 2.45) is 0 Å². The molecule has 0 amide bonds. The van der Waals surface area contributed by atoms with Crippen LogP contribution in [0.1, 0.15) is 12.8 Å². The van der Waals surface area contributed by atoms with Gasteiger partial charge in [-0.25, -0.2) is 21.5 Å². The molecule has 1 saturated heterocycles. The Balaban J connectivity index is 1.60. The van der Waals surface area contributed by atoms with Crippen LogP contribution in [0.15, 0.2) is 36.5 Å². The minimum Gasteiger partial charge on any atom is -0.361 e. The molecule has 2 aromatic rings. The molecule has 10 heteroatoms. The molecule has 2 N–H and O–H groups in total. The van der Waals surface area contributed by atoms with Crippen molar-refractivity contribution in [2.75, 3.05) is 31.7 Å². The van der Waals surface area contributed by atoms with E-state index in [-0.39, 0.29) is 6.04 Å². The standard InChI is InChI=1S/C19H24F2N4O3S/c1-24(17-5-7-25(8-6-17)29(2,27)28)19(26)23-16-3-4-18(22-12-16)13-9-14(20)11-15(21)10-13/h3-4,9-12,17,19,23,26H,5-8H2,1-2H3. The normalized spacial score (nSPS) is 17.4. The Morgan fingerprint density at radius 2 is 1.83 bits per heavy atom. The van der Waals surface area contributed by atoms with E-state index in [4.69, 9.17) is 0 Å². The van der Waals surface area contributed by atoms with Gasteiger partial charge in [-0.15, -0.1) is 0 Å². The highest BCUT2D eigenvalue weighted by Gasteiger charge is 2.29. The summed E-state index contributed by atoms with van der Waals surface area (Å²) in [6.07, 6.45) is 2.91. The first-order chi connectivity index (χ1) is 13.6. The molecule has 1 aromatic heterocycles. The van der Waals surface area contributed by atoms with Gasteiger partial charge in [0.25, 0.3) is 0 Å². The second kappa shape index (κ2) is 8.70. The van der Waals surface area contributed by atoms with Crippen LogP contribution in [0.5, 0.6) is 0 Å². The number of sulfonamides is 1. The third kappa shape index (κ3) is 5.47. The summed E-state index contributed by atoms with van der Waals surface area (Å²) in [4.78, 5) is 5.94. The van der Waals surface area contributed by atoms with Crippen LogP contribution >= 0.6 is 0 Å². The topological polar surface area (TPSA) is 85.8 Å². The van der Waals surface area contributed by atoms with Gasteiger partial charge < -0.3 is 10.4 Å². The van der Waals surface area contributed by atoms with E-state index in [2.05, 4.69) is 10.3 Å². The average molecular weight is 426 g/mol. The summed E-state index contributed by atoms with van der Waals surface area (Å²) in [5.74, 6) is -1.36. The highest BCUT2D eigenvalue weighted by Crippen LogP contribution is 2.22. The van der Waals surface area contributed by atoms with E-state index in [9.17, 15) is 22.3 Å². The molecule has 1 aliphatic heterocycles. The van der Waals surface area contributed by atoms with Crippen molar-refractivity contribution in [3.05, 3.63) is 48.2 Å². The minimum atomic E-state index is -3.19. The van der Waals surface area contributed by atoms with Crippen molar-refractivity contribution in [2.45, 2.75) is 25.2 Å².